The summed E-state index contributed by atoms with van der Waals surface area (Å²) in [5.74, 6) is 0.136. The Hall–Kier alpha value is -2.57. The van der Waals surface area contributed by atoms with Crippen LogP contribution in [0.5, 0.6) is 11.5 Å². The average Bonchev–Trinajstić information content (AvgIpc) is 3.27. The number of nitrogens with zero attached hydrogens (tertiary/aromatic N) is 1. The van der Waals surface area contributed by atoms with E-state index in [0.29, 0.717) is 42.4 Å². The Morgan fingerprint density at radius 1 is 0.931 bits per heavy atom. The fraction of sp³-hybridized carbons (Fsp3) is 0.591. The molecule has 1 saturated heterocycles. The van der Waals surface area contributed by atoms with E-state index in [9.17, 15) is 14.4 Å². The maximum atomic E-state index is 13.2. The summed E-state index contributed by atoms with van der Waals surface area (Å²) < 4.78 is 11.2. The van der Waals surface area contributed by atoms with Crippen molar-refractivity contribution in [1.82, 2.24) is 4.90 Å². The maximum Gasteiger partial charge on any atom is 0.228 e. The molecule has 1 aromatic carbocycles. The van der Waals surface area contributed by atoms with Gasteiger partial charge in [-0.3, -0.25) is 14.4 Å². The Kier molecular flexibility index (Phi) is 5.74. The normalized spacial score (nSPS) is 23.6. The molecule has 1 saturated carbocycles. The van der Waals surface area contributed by atoms with Crippen molar-refractivity contribution in [2.75, 3.05) is 31.6 Å². The van der Waals surface area contributed by atoms with Crippen molar-refractivity contribution in [2.45, 2.75) is 45.4 Å². The summed E-state index contributed by atoms with van der Waals surface area (Å²) in [6.45, 7) is 3.90. The number of ketones is 1. The fourth-order valence-corrected chi connectivity index (χ4v) is 4.62. The number of carbonyl (C=O) groups excluding carboxylic acids is 3. The number of Topliss-reactive ketones (excluding diaryl/α,β-unsaturated/α-hetero) is 1. The molecule has 7 nitrogen and oxygen atoms in total. The standard InChI is InChI=1S/C22H28N2O5/c1-14(25)17-12-19-20(29-11-10-28-19)13-18(17)23-21(26)15-6-2-3-7-16(15)22(27)24-8-4-5-9-24/h12-13,15-16H,2-11H2,1H3,(H,23,26)/t15-,16+/m0/s1. The summed E-state index contributed by atoms with van der Waals surface area (Å²) in [7, 11) is 0. The number of nitrogens with one attached hydrogen (secondary N) is 1. The van der Waals surface area contributed by atoms with Crippen LogP contribution in [0.3, 0.4) is 0 Å². The summed E-state index contributed by atoms with van der Waals surface area (Å²) in [6, 6.07) is 3.28. The number of benzene rings is 1. The number of likely N-dealkylation sites (tertiary alicyclic amines) is 1. The molecule has 3 aliphatic rings. The van der Waals surface area contributed by atoms with Crippen LogP contribution in [0.2, 0.25) is 0 Å². The number of hydrogen-bond donors (Lipinski definition) is 1. The Labute approximate surface area is 170 Å². The first kappa shape index (κ1) is 19.7. The van der Waals surface area contributed by atoms with E-state index in [4.69, 9.17) is 9.47 Å². The second-order valence-corrected chi connectivity index (χ2v) is 8.12. The van der Waals surface area contributed by atoms with E-state index in [2.05, 4.69) is 5.32 Å². The third-order valence-electron chi connectivity index (χ3n) is 6.16. The highest BCUT2D eigenvalue weighted by molar-refractivity contribution is 6.05. The van der Waals surface area contributed by atoms with Crippen molar-refractivity contribution in [3.05, 3.63) is 17.7 Å². The molecule has 2 heterocycles. The molecule has 0 spiro atoms. The molecule has 0 unspecified atom stereocenters. The van der Waals surface area contributed by atoms with Crippen molar-refractivity contribution < 1.29 is 23.9 Å². The van der Waals surface area contributed by atoms with Crippen LogP contribution in [0.4, 0.5) is 5.69 Å². The van der Waals surface area contributed by atoms with Crippen molar-refractivity contribution in [3.63, 3.8) is 0 Å². The van der Waals surface area contributed by atoms with Gasteiger partial charge in [0.15, 0.2) is 17.3 Å². The molecule has 1 aromatic rings. The third-order valence-corrected chi connectivity index (χ3v) is 6.16. The van der Waals surface area contributed by atoms with E-state index in [1.807, 2.05) is 4.90 Å². The van der Waals surface area contributed by atoms with Gasteiger partial charge in [-0.15, -0.1) is 0 Å². The second kappa shape index (κ2) is 8.43. The zero-order chi connectivity index (χ0) is 20.4. The second-order valence-electron chi connectivity index (χ2n) is 8.12. The molecular weight excluding hydrogens is 372 g/mol. The van der Waals surface area contributed by atoms with E-state index in [1.54, 1.807) is 12.1 Å². The summed E-state index contributed by atoms with van der Waals surface area (Å²) in [6.07, 6.45) is 5.41. The quantitative estimate of drug-likeness (QED) is 0.786. The molecule has 2 atom stereocenters. The van der Waals surface area contributed by atoms with Crippen LogP contribution in [-0.4, -0.2) is 48.8 Å². The molecule has 1 N–H and O–H groups in total. The molecule has 0 bridgehead atoms. The van der Waals surface area contributed by atoms with Crippen LogP contribution < -0.4 is 14.8 Å². The van der Waals surface area contributed by atoms with E-state index in [1.165, 1.54) is 6.92 Å². The Balaban J connectivity index is 1.55. The lowest BCUT2D eigenvalue weighted by Crippen LogP contribution is -2.42. The van der Waals surface area contributed by atoms with Gasteiger partial charge in [0.05, 0.1) is 5.69 Å². The van der Waals surface area contributed by atoms with Crippen molar-refractivity contribution in [1.29, 1.82) is 0 Å². The molecule has 4 rings (SSSR count). The van der Waals surface area contributed by atoms with Crippen LogP contribution in [-0.2, 0) is 9.59 Å². The molecule has 29 heavy (non-hydrogen) atoms. The molecule has 7 heteroatoms. The van der Waals surface area contributed by atoms with Crippen LogP contribution in [0.25, 0.3) is 0 Å². The van der Waals surface area contributed by atoms with E-state index < -0.39 is 0 Å². The molecule has 0 aromatic heterocycles. The topological polar surface area (TPSA) is 84.9 Å². The summed E-state index contributed by atoms with van der Waals surface area (Å²) in [4.78, 5) is 40.2. The zero-order valence-electron chi connectivity index (χ0n) is 16.9. The Morgan fingerprint density at radius 3 is 2.21 bits per heavy atom. The largest absolute Gasteiger partial charge is 0.486 e. The van der Waals surface area contributed by atoms with Crippen LogP contribution >= 0.6 is 0 Å². The van der Waals surface area contributed by atoms with Gasteiger partial charge in [-0.2, -0.15) is 0 Å². The summed E-state index contributed by atoms with van der Waals surface area (Å²) in [5, 5.41) is 2.92. The number of rotatable bonds is 4. The molecule has 1 aliphatic carbocycles. The van der Waals surface area contributed by atoms with Crippen molar-refractivity contribution >= 4 is 23.3 Å². The van der Waals surface area contributed by atoms with Gasteiger partial charge < -0.3 is 19.7 Å². The van der Waals surface area contributed by atoms with Gasteiger partial charge in [0.1, 0.15) is 13.2 Å². The van der Waals surface area contributed by atoms with E-state index in [-0.39, 0.29) is 29.4 Å². The smallest absolute Gasteiger partial charge is 0.228 e. The van der Waals surface area contributed by atoms with E-state index in [0.717, 1.165) is 45.2 Å². The number of fused-ring (bicyclic) bond motifs is 1. The van der Waals surface area contributed by atoms with Gasteiger partial charge in [-0.1, -0.05) is 12.8 Å². The fourth-order valence-electron chi connectivity index (χ4n) is 4.62. The molecule has 2 fully saturated rings. The van der Waals surface area contributed by atoms with Gasteiger partial charge in [-0.05, 0) is 38.7 Å². The first-order valence-corrected chi connectivity index (χ1v) is 10.6. The van der Waals surface area contributed by atoms with Gasteiger partial charge in [0.25, 0.3) is 0 Å². The van der Waals surface area contributed by atoms with Crippen molar-refractivity contribution in [2.24, 2.45) is 11.8 Å². The number of carbonyl (C=O) groups is 3. The van der Waals surface area contributed by atoms with E-state index >= 15 is 0 Å². The minimum absolute atomic E-state index is 0.108. The first-order valence-electron chi connectivity index (χ1n) is 10.6. The minimum Gasteiger partial charge on any atom is -0.486 e. The zero-order valence-corrected chi connectivity index (χ0v) is 16.9. The maximum absolute atomic E-state index is 13.2. The monoisotopic (exact) mass is 400 g/mol. The van der Waals surface area contributed by atoms with Crippen LogP contribution in [0, 0.1) is 11.8 Å². The molecule has 2 aliphatic heterocycles. The van der Waals surface area contributed by atoms with Gasteiger partial charge >= 0.3 is 0 Å². The van der Waals surface area contributed by atoms with Gasteiger partial charge in [-0.25, -0.2) is 0 Å². The Bertz CT molecular complexity index is 816. The predicted octanol–water partition coefficient (Wildman–Crippen LogP) is 3.03. The lowest BCUT2D eigenvalue weighted by molar-refractivity contribution is -0.141. The van der Waals surface area contributed by atoms with Crippen LogP contribution in [0.1, 0.15) is 55.8 Å². The molecule has 156 valence electrons. The van der Waals surface area contributed by atoms with Crippen LogP contribution in [0.15, 0.2) is 12.1 Å². The number of ether oxygens (including phenoxy) is 2. The van der Waals surface area contributed by atoms with Gasteiger partial charge in [0.2, 0.25) is 11.8 Å². The summed E-state index contributed by atoms with van der Waals surface area (Å²) in [5.41, 5.74) is 0.811. The number of hydrogen-bond acceptors (Lipinski definition) is 5. The number of anilines is 1. The molecule has 2 amide bonds. The van der Waals surface area contributed by atoms with Gasteiger partial charge in [0, 0.05) is 36.6 Å². The highest BCUT2D eigenvalue weighted by atomic mass is 16.6. The minimum atomic E-state index is -0.371. The summed E-state index contributed by atoms with van der Waals surface area (Å²) >= 11 is 0. The SMILES string of the molecule is CC(=O)c1cc2c(cc1NC(=O)[C@H]1CCCC[C@H]1C(=O)N1CCCC1)OCCO2. The average molecular weight is 400 g/mol. The third kappa shape index (κ3) is 4.09. The number of amides is 2. The lowest BCUT2D eigenvalue weighted by Gasteiger charge is -2.32. The molecular formula is C22H28N2O5. The molecule has 0 radical (unpaired) electrons. The van der Waals surface area contributed by atoms with Crippen molar-refractivity contribution in [3.8, 4) is 11.5 Å². The first-order chi connectivity index (χ1) is 14.0. The Morgan fingerprint density at radius 2 is 1.55 bits per heavy atom. The lowest BCUT2D eigenvalue weighted by atomic mass is 9.77. The predicted molar refractivity (Wildman–Crippen MR) is 107 cm³/mol. The highest BCUT2D eigenvalue weighted by Gasteiger charge is 2.38. The highest BCUT2D eigenvalue weighted by Crippen LogP contribution is 2.38.